The van der Waals surface area contributed by atoms with Crippen molar-refractivity contribution in [1.82, 2.24) is 15.1 Å². The van der Waals surface area contributed by atoms with Crippen molar-refractivity contribution in [2.75, 3.05) is 39.8 Å². The number of nitrogens with two attached hydrogens (primary N) is 1. The number of benzene rings is 1. The number of nitrogens with one attached hydrogen (secondary N) is 1. The molecule has 0 spiro atoms. The van der Waals surface area contributed by atoms with E-state index in [0.29, 0.717) is 6.54 Å². The predicted octanol–water partition coefficient (Wildman–Crippen LogP) is -0.122. The number of piperazine rings is 1. The van der Waals surface area contributed by atoms with E-state index >= 15 is 0 Å². The van der Waals surface area contributed by atoms with E-state index in [2.05, 4.69) is 29.4 Å². The van der Waals surface area contributed by atoms with Gasteiger partial charge in [-0.1, -0.05) is 30.3 Å². The molecule has 0 radical (unpaired) electrons. The summed E-state index contributed by atoms with van der Waals surface area (Å²) in [6.45, 7) is 4.67. The predicted molar refractivity (Wildman–Crippen MR) is 80.2 cm³/mol. The fraction of sp³-hybridized carbons (Fsp3) is 0.533. The molecule has 5 heteroatoms. The van der Waals surface area contributed by atoms with Crippen molar-refractivity contribution in [3.05, 3.63) is 35.9 Å². The Morgan fingerprint density at radius 1 is 1.25 bits per heavy atom. The number of carbonyl (C=O) groups excluding carboxylic acids is 1. The van der Waals surface area contributed by atoms with Gasteiger partial charge >= 0.3 is 0 Å². The molecule has 1 heterocycles. The van der Waals surface area contributed by atoms with Crippen molar-refractivity contribution < 1.29 is 4.79 Å². The first-order valence-corrected chi connectivity index (χ1v) is 7.14. The zero-order valence-corrected chi connectivity index (χ0v) is 12.1. The molecule has 1 amide bonds. The Labute approximate surface area is 120 Å². The number of nitrogens with zero attached hydrogens (tertiary/aromatic N) is 2. The molecule has 0 saturated carbocycles. The molecule has 1 fully saturated rings. The van der Waals surface area contributed by atoms with Gasteiger partial charge in [-0.05, 0) is 12.6 Å². The highest BCUT2D eigenvalue weighted by molar-refractivity contribution is 5.82. The minimum absolute atomic E-state index is 0.0543. The molecular formula is C15H24N4O. The maximum Gasteiger partial charge on any atom is 0.240 e. The zero-order chi connectivity index (χ0) is 14.4. The number of carbonyl (C=O) groups is 1. The summed E-state index contributed by atoms with van der Waals surface area (Å²) in [6, 6.07) is 9.66. The van der Waals surface area contributed by atoms with Crippen LogP contribution >= 0.6 is 0 Å². The Kier molecular flexibility index (Phi) is 5.52. The lowest BCUT2D eigenvalue weighted by Crippen LogP contribution is -2.54. The van der Waals surface area contributed by atoms with Gasteiger partial charge in [-0.15, -0.1) is 0 Å². The van der Waals surface area contributed by atoms with Gasteiger partial charge in [0.15, 0.2) is 0 Å². The van der Waals surface area contributed by atoms with E-state index in [1.807, 2.05) is 23.1 Å². The number of hydrogen-bond donors (Lipinski definition) is 2. The molecule has 1 aliphatic heterocycles. The summed E-state index contributed by atoms with van der Waals surface area (Å²) in [4.78, 5) is 16.3. The van der Waals surface area contributed by atoms with Gasteiger partial charge in [0.1, 0.15) is 0 Å². The standard InChI is InChI=1S/C15H24N4O/c1-18-7-9-19(10-8-18)15(20)14(16)12-17-11-13-5-3-2-4-6-13/h2-6,14,17H,7-12,16H2,1H3. The van der Waals surface area contributed by atoms with Crippen LogP contribution in [0, 0.1) is 0 Å². The van der Waals surface area contributed by atoms with Crippen LogP contribution < -0.4 is 11.1 Å². The molecule has 1 aromatic carbocycles. The summed E-state index contributed by atoms with van der Waals surface area (Å²) in [6.07, 6.45) is 0. The molecule has 1 atom stereocenters. The van der Waals surface area contributed by atoms with Crippen molar-refractivity contribution in [3.63, 3.8) is 0 Å². The molecule has 3 N–H and O–H groups in total. The number of likely N-dealkylation sites (N-methyl/N-ethyl adjacent to an activating group) is 1. The van der Waals surface area contributed by atoms with Crippen molar-refractivity contribution in [3.8, 4) is 0 Å². The minimum atomic E-state index is -0.456. The molecule has 1 unspecified atom stereocenters. The molecule has 1 aliphatic rings. The summed E-state index contributed by atoms with van der Waals surface area (Å²) in [5.41, 5.74) is 7.18. The third-order valence-electron chi connectivity index (χ3n) is 3.67. The van der Waals surface area contributed by atoms with Crippen LogP contribution in [0.5, 0.6) is 0 Å². The van der Waals surface area contributed by atoms with Crippen LogP contribution in [0.3, 0.4) is 0 Å². The minimum Gasteiger partial charge on any atom is -0.339 e. The summed E-state index contributed by atoms with van der Waals surface area (Å²) < 4.78 is 0. The maximum atomic E-state index is 12.2. The second-order valence-corrected chi connectivity index (χ2v) is 5.35. The van der Waals surface area contributed by atoms with E-state index in [1.54, 1.807) is 0 Å². The van der Waals surface area contributed by atoms with Crippen molar-refractivity contribution in [1.29, 1.82) is 0 Å². The van der Waals surface area contributed by atoms with Crippen molar-refractivity contribution >= 4 is 5.91 Å². The van der Waals surface area contributed by atoms with E-state index in [0.717, 1.165) is 32.7 Å². The largest absolute Gasteiger partial charge is 0.339 e. The second kappa shape index (κ2) is 7.38. The van der Waals surface area contributed by atoms with Crippen LogP contribution in [0.15, 0.2) is 30.3 Å². The SMILES string of the molecule is CN1CCN(C(=O)C(N)CNCc2ccccc2)CC1. The molecule has 1 aromatic rings. The number of rotatable bonds is 5. The van der Waals surface area contributed by atoms with Crippen LogP contribution in [0.1, 0.15) is 5.56 Å². The van der Waals surface area contributed by atoms with Gasteiger partial charge in [0, 0.05) is 39.3 Å². The summed E-state index contributed by atoms with van der Waals surface area (Å²) in [5, 5.41) is 3.25. The van der Waals surface area contributed by atoms with Crippen LogP contribution in [-0.2, 0) is 11.3 Å². The molecule has 110 valence electrons. The first-order chi connectivity index (χ1) is 9.66. The topological polar surface area (TPSA) is 61.6 Å². The van der Waals surface area contributed by atoms with Gasteiger partial charge in [-0.25, -0.2) is 0 Å². The highest BCUT2D eigenvalue weighted by Crippen LogP contribution is 2.02. The lowest BCUT2D eigenvalue weighted by atomic mass is 10.2. The number of amides is 1. The van der Waals surface area contributed by atoms with E-state index in [-0.39, 0.29) is 5.91 Å². The Morgan fingerprint density at radius 2 is 1.90 bits per heavy atom. The fourth-order valence-corrected chi connectivity index (χ4v) is 2.32. The van der Waals surface area contributed by atoms with Gasteiger partial charge in [0.25, 0.3) is 0 Å². The van der Waals surface area contributed by atoms with E-state index in [1.165, 1.54) is 5.56 Å². The van der Waals surface area contributed by atoms with E-state index in [4.69, 9.17) is 5.73 Å². The zero-order valence-electron chi connectivity index (χ0n) is 12.1. The lowest BCUT2D eigenvalue weighted by molar-refractivity contribution is -0.134. The van der Waals surface area contributed by atoms with Gasteiger partial charge in [0.05, 0.1) is 6.04 Å². The normalized spacial score (nSPS) is 18.0. The Hall–Kier alpha value is -1.43. The quantitative estimate of drug-likeness (QED) is 0.787. The lowest BCUT2D eigenvalue weighted by Gasteiger charge is -2.33. The average molecular weight is 276 g/mol. The summed E-state index contributed by atoms with van der Waals surface area (Å²) >= 11 is 0. The van der Waals surface area contributed by atoms with E-state index in [9.17, 15) is 4.79 Å². The van der Waals surface area contributed by atoms with Crippen LogP contribution in [0.2, 0.25) is 0 Å². The van der Waals surface area contributed by atoms with E-state index < -0.39 is 6.04 Å². The molecular weight excluding hydrogens is 252 g/mol. The van der Waals surface area contributed by atoms with Crippen molar-refractivity contribution in [2.24, 2.45) is 5.73 Å². The Balaban J connectivity index is 1.71. The third kappa shape index (κ3) is 4.30. The number of hydrogen-bond acceptors (Lipinski definition) is 4. The third-order valence-corrected chi connectivity index (χ3v) is 3.67. The van der Waals surface area contributed by atoms with Gasteiger partial charge in [-0.3, -0.25) is 4.79 Å². The van der Waals surface area contributed by atoms with Gasteiger partial charge in [0.2, 0.25) is 5.91 Å². The molecule has 0 aromatic heterocycles. The molecule has 5 nitrogen and oxygen atoms in total. The van der Waals surface area contributed by atoms with Gasteiger partial charge < -0.3 is 20.9 Å². The van der Waals surface area contributed by atoms with Crippen LogP contribution in [0.25, 0.3) is 0 Å². The summed E-state index contributed by atoms with van der Waals surface area (Å²) in [7, 11) is 2.07. The monoisotopic (exact) mass is 276 g/mol. The van der Waals surface area contributed by atoms with Crippen LogP contribution in [0.4, 0.5) is 0 Å². The van der Waals surface area contributed by atoms with Crippen LogP contribution in [-0.4, -0.2) is 61.5 Å². The smallest absolute Gasteiger partial charge is 0.240 e. The molecule has 1 saturated heterocycles. The maximum absolute atomic E-state index is 12.2. The highest BCUT2D eigenvalue weighted by Gasteiger charge is 2.23. The molecule has 0 aliphatic carbocycles. The average Bonchev–Trinajstić information content (AvgIpc) is 2.48. The Morgan fingerprint density at radius 3 is 2.55 bits per heavy atom. The molecule has 2 rings (SSSR count). The molecule has 20 heavy (non-hydrogen) atoms. The summed E-state index contributed by atoms with van der Waals surface area (Å²) in [5.74, 6) is 0.0543. The second-order valence-electron chi connectivity index (χ2n) is 5.35. The highest BCUT2D eigenvalue weighted by atomic mass is 16.2. The Bertz CT molecular complexity index is 415. The first-order valence-electron chi connectivity index (χ1n) is 7.14. The van der Waals surface area contributed by atoms with Gasteiger partial charge in [-0.2, -0.15) is 0 Å². The first kappa shape index (κ1) is 15.0. The molecule has 0 bridgehead atoms. The fourth-order valence-electron chi connectivity index (χ4n) is 2.32. The van der Waals surface area contributed by atoms with Crippen molar-refractivity contribution in [2.45, 2.75) is 12.6 Å².